The minimum absolute atomic E-state index is 0.452. The van der Waals surface area contributed by atoms with Crippen LogP contribution in [0.1, 0.15) is 38.5 Å². The fraction of sp³-hybridized carbons (Fsp3) is 1.00. The van der Waals surface area contributed by atoms with Gasteiger partial charge in [0.25, 0.3) is 0 Å². The molecule has 0 N–H and O–H groups in total. The number of methoxy groups -OCH3 is 1. The van der Waals surface area contributed by atoms with Gasteiger partial charge >= 0.3 is 0 Å². The molecule has 0 bridgehead atoms. The molecule has 2 heteroatoms. The number of hydrogen-bond donors (Lipinski definition) is 0. The monoisotopic (exact) mass is 216 g/mol. The summed E-state index contributed by atoms with van der Waals surface area (Å²) < 4.78 is 5.32. The summed E-state index contributed by atoms with van der Waals surface area (Å²) in [7, 11) is 1.82. The minimum Gasteiger partial charge on any atom is -0.384 e. The van der Waals surface area contributed by atoms with E-state index < -0.39 is 0 Å². The lowest BCUT2D eigenvalue weighted by Crippen LogP contribution is -2.39. The van der Waals surface area contributed by atoms with Crippen LogP contribution in [0.2, 0.25) is 0 Å². The van der Waals surface area contributed by atoms with E-state index in [1.807, 2.05) is 7.11 Å². The fourth-order valence-corrected chi connectivity index (χ4v) is 3.88. The molecule has 4 atom stereocenters. The molecular formula is C12H21ClO. The highest BCUT2D eigenvalue weighted by Gasteiger charge is 2.39. The highest BCUT2D eigenvalue weighted by atomic mass is 35.5. The Labute approximate surface area is 92.2 Å². The number of hydrogen-bond acceptors (Lipinski definition) is 1. The molecule has 14 heavy (non-hydrogen) atoms. The van der Waals surface area contributed by atoms with Crippen molar-refractivity contribution < 1.29 is 4.74 Å². The lowest BCUT2D eigenvalue weighted by molar-refractivity contribution is 0.0429. The molecule has 2 aliphatic rings. The van der Waals surface area contributed by atoms with Crippen LogP contribution in [0.5, 0.6) is 0 Å². The SMILES string of the molecule is COCC1CCC(Cl)C2CCCCC12. The Morgan fingerprint density at radius 3 is 2.50 bits per heavy atom. The molecule has 0 heterocycles. The lowest BCUT2D eigenvalue weighted by atomic mass is 9.65. The van der Waals surface area contributed by atoms with Crippen LogP contribution in [-0.2, 0) is 4.74 Å². The Hall–Kier alpha value is 0.250. The van der Waals surface area contributed by atoms with Crippen LogP contribution in [0, 0.1) is 17.8 Å². The average Bonchev–Trinajstić information content (AvgIpc) is 2.23. The maximum absolute atomic E-state index is 6.41. The molecule has 2 rings (SSSR count). The zero-order chi connectivity index (χ0) is 9.97. The Morgan fingerprint density at radius 2 is 1.79 bits per heavy atom. The van der Waals surface area contributed by atoms with Crippen LogP contribution in [0.3, 0.4) is 0 Å². The first-order valence-electron chi connectivity index (χ1n) is 5.96. The summed E-state index contributed by atoms with van der Waals surface area (Å²) >= 11 is 6.41. The second-order valence-corrected chi connectivity index (χ2v) is 5.48. The zero-order valence-corrected chi connectivity index (χ0v) is 9.80. The Bertz CT molecular complexity index is 183. The zero-order valence-electron chi connectivity index (χ0n) is 9.05. The molecule has 2 saturated carbocycles. The van der Waals surface area contributed by atoms with E-state index in [0.717, 1.165) is 24.4 Å². The molecule has 0 aliphatic heterocycles. The van der Waals surface area contributed by atoms with Gasteiger partial charge in [-0.2, -0.15) is 0 Å². The minimum atomic E-state index is 0.452. The average molecular weight is 217 g/mol. The van der Waals surface area contributed by atoms with Gasteiger partial charge in [-0.05, 0) is 43.4 Å². The van der Waals surface area contributed by atoms with Crippen LogP contribution in [0.4, 0.5) is 0 Å². The van der Waals surface area contributed by atoms with E-state index in [1.54, 1.807) is 0 Å². The highest BCUT2D eigenvalue weighted by Crippen LogP contribution is 2.45. The maximum Gasteiger partial charge on any atom is 0.0493 e. The van der Waals surface area contributed by atoms with Crippen molar-refractivity contribution in [2.75, 3.05) is 13.7 Å². The van der Waals surface area contributed by atoms with Crippen molar-refractivity contribution >= 4 is 11.6 Å². The maximum atomic E-state index is 6.41. The van der Waals surface area contributed by atoms with Gasteiger partial charge in [-0.15, -0.1) is 11.6 Å². The predicted octanol–water partition coefficient (Wildman–Crippen LogP) is 3.46. The van der Waals surface area contributed by atoms with Gasteiger partial charge in [-0.25, -0.2) is 0 Å². The number of fused-ring (bicyclic) bond motifs is 1. The third kappa shape index (κ3) is 2.09. The summed E-state index contributed by atoms with van der Waals surface area (Å²) in [5.41, 5.74) is 0. The molecule has 2 aliphatic carbocycles. The van der Waals surface area contributed by atoms with Crippen molar-refractivity contribution in [1.82, 2.24) is 0 Å². The van der Waals surface area contributed by atoms with Crippen LogP contribution in [0.15, 0.2) is 0 Å². The second-order valence-electron chi connectivity index (χ2n) is 4.92. The second kappa shape index (κ2) is 4.85. The Morgan fingerprint density at radius 1 is 1.07 bits per heavy atom. The largest absolute Gasteiger partial charge is 0.384 e. The normalized spacial score (nSPS) is 43.3. The molecule has 0 aromatic carbocycles. The van der Waals surface area contributed by atoms with Crippen LogP contribution < -0.4 is 0 Å². The highest BCUT2D eigenvalue weighted by molar-refractivity contribution is 6.20. The molecule has 0 radical (unpaired) electrons. The van der Waals surface area contributed by atoms with E-state index in [1.165, 1.54) is 38.5 Å². The van der Waals surface area contributed by atoms with E-state index in [0.29, 0.717) is 5.38 Å². The topological polar surface area (TPSA) is 9.23 Å². The molecule has 0 spiro atoms. The first-order chi connectivity index (χ1) is 6.83. The van der Waals surface area contributed by atoms with Gasteiger partial charge in [-0.1, -0.05) is 12.8 Å². The summed E-state index contributed by atoms with van der Waals surface area (Å²) in [6, 6.07) is 0. The fourth-order valence-electron chi connectivity index (χ4n) is 3.45. The van der Waals surface area contributed by atoms with Gasteiger partial charge < -0.3 is 4.74 Å². The van der Waals surface area contributed by atoms with Gasteiger partial charge in [-0.3, -0.25) is 0 Å². The van der Waals surface area contributed by atoms with Crippen molar-refractivity contribution in [3.8, 4) is 0 Å². The smallest absolute Gasteiger partial charge is 0.0493 e. The third-order valence-corrected chi connectivity index (χ3v) is 4.68. The Kier molecular flexibility index (Phi) is 3.73. The summed E-state index contributed by atoms with van der Waals surface area (Å²) in [5, 5.41) is 0.452. The van der Waals surface area contributed by atoms with Crippen molar-refractivity contribution in [2.45, 2.75) is 43.9 Å². The van der Waals surface area contributed by atoms with Crippen molar-refractivity contribution in [3.05, 3.63) is 0 Å². The summed E-state index contributed by atoms with van der Waals surface area (Å²) in [6.07, 6.45) is 8.04. The van der Waals surface area contributed by atoms with Gasteiger partial charge in [0.15, 0.2) is 0 Å². The number of alkyl halides is 1. The molecular weight excluding hydrogens is 196 g/mol. The molecule has 0 aromatic heterocycles. The predicted molar refractivity (Wildman–Crippen MR) is 59.7 cm³/mol. The quantitative estimate of drug-likeness (QED) is 0.643. The molecule has 0 aromatic rings. The molecule has 82 valence electrons. The standard InChI is InChI=1S/C12H21ClO/c1-14-8-9-6-7-12(13)11-5-3-2-4-10(9)11/h9-12H,2-8H2,1H3. The first kappa shape index (κ1) is 10.8. The van der Waals surface area contributed by atoms with E-state index in [2.05, 4.69) is 0 Å². The van der Waals surface area contributed by atoms with Gasteiger partial charge in [0.05, 0.1) is 0 Å². The van der Waals surface area contributed by atoms with Gasteiger partial charge in [0.1, 0.15) is 0 Å². The van der Waals surface area contributed by atoms with E-state index in [-0.39, 0.29) is 0 Å². The van der Waals surface area contributed by atoms with E-state index >= 15 is 0 Å². The van der Waals surface area contributed by atoms with Crippen molar-refractivity contribution in [1.29, 1.82) is 0 Å². The number of rotatable bonds is 2. The summed E-state index contributed by atoms with van der Waals surface area (Å²) in [6.45, 7) is 0.949. The molecule has 2 fully saturated rings. The van der Waals surface area contributed by atoms with Crippen LogP contribution in [0.25, 0.3) is 0 Å². The molecule has 1 nitrogen and oxygen atoms in total. The van der Waals surface area contributed by atoms with Crippen molar-refractivity contribution in [2.24, 2.45) is 17.8 Å². The van der Waals surface area contributed by atoms with Gasteiger partial charge in [0.2, 0.25) is 0 Å². The Balaban J connectivity index is 2.00. The lowest BCUT2D eigenvalue weighted by Gasteiger charge is -2.43. The summed E-state index contributed by atoms with van der Waals surface area (Å²) in [4.78, 5) is 0. The molecule has 4 unspecified atom stereocenters. The van der Waals surface area contributed by atoms with Gasteiger partial charge in [0, 0.05) is 19.1 Å². The summed E-state index contributed by atoms with van der Waals surface area (Å²) in [5.74, 6) is 2.44. The molecule has 0 saturated heterocycles. The number of halogens is 1. The van der Waals surface area contributed by atoms with E-state index in [4.69, 9.17) is 16.3 Å². The first-order valence-corrected chi connectivity index (χ1v) is 6.39. The van der Waals surface area contributed by atoms with Crippen LogP contribution in [-0.4, -0.2) is 19.1 Å². The molecule has 0 amide bonds. The number of ether oxygens (including phenoxy) is 1. The third-order valence-electron chi connectivity index (χ3n) is 4.14. The van der Waals surface area contributed by atoms with Crippen LogP contribution >= 0.6 is 11.6 Å². The van der Waals surface area contributed by atoms with Crippen molar-refractivity contribution in [3.63, 3.8) is 0 Å². The van der Waals surface area contributed by atoms with E-state index in [9.17, 15) is 0 Å².